The highest BCUT2D eigenvalue weighted by atomic mass is 16.4. The lowest BCUT2D eigenvalue weighted by Gasteiger charge is -2.20. The summed E-state index contributed by atoms with van der Waals surface area (Å²) in [4.78, 5) is 40.3. The van der Waals surface area contributed by atoms with E-state index in [0.29, 0.717) is 23.4 Å². The number of hydrogen-bond acceptors (Lipinski definition) is 5. The Morgan fingerprint density at radius 3 is 2.68 bits per heavy atom. The van der Waals surface area contributed by atoms with Gasteiger partial charge in [-0.1, -0.05) is 0 Å². The number of rotatable bonds is 4. The molecule has 0 fully saturated rings. The Hall–Kier alpha value is -2.74. The SMILES string of the molecule is Cn1c2c(c(=O)n(-c3ccc(CC(N)C(=O)O)nc3)c1=O)CCCC2. The fraction of sp³-hybridized carbons (Fsp3) is 0.412. The van der Waals surface area contributed by atoms with Crippen molar-refractivity contribution >= 4 is 5.97 Å². The second-order valence-corrected chi connectivity index (χ2v) is 6.27. The maximum atomic E-state index is 12.8. The lowest BCUT2D eigenvalue weighted by Crippen LogP contribution is -2.42. The summed E-state index contributed by atoms with van der Waals surface area (Å²) >= 11 is 0. The fourth-order valence-electron chi connectivity index (χ4n) is 3.19. The van der Waals surface area contributed by atoms with Gasteiger partial charge in [-0.3, -0.25) is 14.6 Å². The highest BCUT2D eigenvalue weighted by molar-refractivity contribution is 5.73. The summed E-state index contributed by atoms with van der Waals surface area (Å²) in [5.41, 5.74) is 7.15. The number of nitrogens with two attached hydrogens (primary N) is 1. The van der Waals surface area contributed by atoms with Gasteiger partial charge < -0.3 is 15.4 Å². The molecule has 1 aliphatic carbocycles. The van der Waals surface area contributed by atoms with Crippen molar-refractivity contribution in [3.63, 3.8) is 0 Å². The maximum Gasteiger partial charge on any atom is 0.335 e. The monoisotopic (exact) mass is 344 g/mol. The van der Waals surface area contributed by atoms with Crippen LogP contribution < -0.4 is 17.0 Å². The molecular formula is C17H20N4O4. The Bertz CT molecular complexity index is 927. The van der Waals surface area contributed by atoms with E-state index in [1.807, 2.05) is 0 Å². The number of aromatic nitrogens is 3. The van der Waals surface area contributed by atoms with Crippen molar-refractivity contribution in [2.24, 2.45) is 12.8 Å². The van der Waals surface area contributed by atoms with Crippen molar-refractivity contribution in [2.45, 2.75) is 38.1 Å². The van der Waals surface area contributed by atoms with Gasteiger partial charge in [-0.25, -0.2) is 9.36 Å². The van der Waals surface area contributed by atoms with E-state index in [0.717, 1.165) is 29.5 Å². The van der Waals surface area contributed by atoms with Gasteiger partial charge in [0.2, 0.25) is 0 Å². The first kappa shape index (κ1) is 17.1. The third-order valence-corrected chi connectivity index (χ3v) is 4.60. The normalized spacial score (nSPS) is 14.8. The lowest BCUT2D eigenvalue weighted by molar-refractivity contribution is -0.138. The molecule has 132 valence electrons. The second kappa shape index (κ2) is 6.64. The molecule has 1 atom stereocenters. The zero-order valence-corrected chi connectivity index (χ0v) is 13.9. The van der Waals surface area contributed by atoms with Crippen LogP contribution in [0.5, 0.6) is 0 Å². The van der Waals surface area contributed by atoms with Crippen LogP contribution in [-0.4, -0.2) is 31.2 Å². The highest BCUT2D eigenvalue weighted by Crippen LogP contribution is 2.16. The van der Waals surface area contributed by atoms with Crippen LogP contribution in [-0.2, 0) is 31.1 Å². The molecule has 2 aromatic heterocycles. The zero-order valence-electron chi connectivity index (χ0n) is 13.9. The Morgan fingerprint density at radius 1 is 1.32 bits per heavy atom. The van der Waals surface area contributed by atoms with Gasteiger partial charge in [0.1, 0.15) is 6.04 Å². The molecule has 0 radical (unpaired) electrons. The van der Waals surface area contributed by atoms with Crippen LogP contribution in [0.15, 0.2) is 27.9 Å². The molecule has 2 aromatic rings. The summed E-state index contributed by atoms with van der Waals surface area (Å²) in [7, 11) is 1.68. The van der Waals surface area contributed by atoms with Crippen molar-refractivity contribution in [3.05, 3.63) is 56.1 Å². The molecule has 0 amide bonds. The predicted octanol–water partition coefficient (Wildman–Crippen LogP) is -0.236. The molecule has 8 nitrogen and oxygen atoms in total. The van der Waals surface area contributed by atoms with Crippen LogP contribution in [0, 0.1) is 0 Å². The van der Waals surface area contributed by atoms with Crippen molar-refractivity contribution in [1.82, 2.24) is 14.1 Å². The summed E-state index contributed by atoms with van der Waals surface area (Å²) in [5, 5.41) is 8.85. The van der Waals surface area contributed by atoms with Gasteiger partial charge in [0, 0.05) is 30.4 Å². The number of aliphatic carboxylic acids is 1. The summed E-state index contributed by atoms with van der Waals surface area (Å²) in [5.74, 6) is -1.11. The molecule has 0 spiro atoms. The highest BCUT2D eigenvalue weighted by Gasteiger charge is 2.21. The molecule has 0 saturated heterocycles. The molecule has 0 saturated carbocycles. The summed E-state index contributed by atoms with van der Waals surface area (Å²) < 4.78 is 2.65. The van der Waals surface area contributed by atoms with E-state index in [1.54, 1.807) is 19.2 Å². The molecule has 25 heavy (non-hydrogen) atoms. The first-order chi connectivity index (χ1) is 11.9. The van der Waals surface area contributed by atoms with Gasteiger partial charge in [-0.2, -0.15) is 0 Å². The van der Waals surface area contributed by atoms with Crippen LogP contribution >= 0.6 is 0 Å². The average molecular weight is 344 g/mol. The molecule has 3 N–H and O–H groups in total. The van der Waals surface area contributed by atoms with Crippen LogP contribution in [0.3, 0.4) is 0 Å². The van der Waals surface area contributed by atoms with Gasteiger partial charge in [0.15, 0.2) is 0 Å². The third-order valence-electron chi connectivity index (χ3n) is 4.60. The first-order valence-corrected chi connectivity index (χ1v) is 8.17. The fourth-order valence-corrected chi connectivity index (χ4v) is 3.19. The van der Waals surface area contributed by atoms with Gasteiger partial charge >= 0.3 is 11.7 Å². The number of carboxylic acids is 1. The Kier molecular flexibility index (Phi) is 4.54. The molecule has 8 heteroatoms. The second-order valence-electron chi connectivity index (χ2n) is 6.27. The van der Waals surface area contributed by atoms with Crippen LogP contribution in [0.2, 0.25) is 0 Å². The first-order valence-electron chi connectivity index (χ1n) is 8.17. The molecule has 0 aromatic carbocycles. The van der Waals surface area contributed by atoms with Crippen LogP contribution in [0.25, 0.3) is 5.69 Å². The van der Waals surface area contributed by atoms with Crippen LogP contribution in [0.1, 0.15) is 29.8 Å². The molecule has 0 aliphatic heterocycles. The molecule has 0 bridgehead atoms. The Labute approximate surface area is 143 Å². The third kappa shape index (κ3) is 3.12. The zero-order chi connectivity index (χ0) is 18.1. The van der Waals surface area contributed by atoms with Gasteiger partial charge in [-0.05, 0) is 37.8 Å². The topological polar surface area (TPSA) is 120 Å². The van der Waals surface area contributed by atoms with Crippen molar-refractivity contribution in [2.75, 3.05) is 0 Å². The van der Waals surface area contributed by atoms with Gasteiger partial charge in [-0.15, -0.1) is 0 Å². The minimum absolute atomic E-state index is 0.0761. The minimum Gasteiger partial charge on any atom is -0.480 e. The van der Waals surface area contributed by atoms with Gasteiger partial charge in [0.25, 0.3) is 5.56 Å². The van der Waals surface area contributed by atoms with E-state index in [-0.39, 0.29) is 12.0 Å². The van der Waals surface area contributed by atoms with Crippen molar-refractivity contribution in [1.29, 1.82) is 0 Å². The summed E-state index contributed by atoms with van der Waals surface area (Å²) in [6, 6.07) is 2.14. The van der Waals surface area contributed by atoms with Crippen molar-refractivity contribution in [3.8, 4) is 5.69 Å². The number of pyridine rings is 1. The Morgan fingerprint density at radius 2 is 2.04 bits per heavy atom. The summed E-state index contributed by atoms with van der Waals surface area (Å²) in [6.07, 6.45) is 4.80. The quantitative estimate of drug-likeness (QED) is 0.790. The van der Waals surface area contributed by atoms with E-state index >= 15 is 0 Å². The summed E-state index contributed by atoms with van der Waals surface area (Å²) in [6.45, 7) is 0. The molecule has 1 unspecified atom stereocenters. The van der Waals surface area contributed by atoms with E-state index in [4.69, 9.17) is 10.8 Å². The standard InChI is InChI=1S/C17H20N4O4/c1-20-14-5-3-2-4-12(14)15(22)21(17(20)25)11-7-6-10(19-9-11)8-13(18)16(23)24/h6-7,9,13H,2-5,8,18H2,1H3,(H,23,24). The minimum atomic E-state index is -1.11. The smallest absolute Gasteiger partial charge is 0.335 e. The predicted molar refractivity (Wildman–Crippen MR) is 91.0 cm³/mol. The number of hydrogen-bond donors (Lipinski definition) is 2. The molecule has 2 heterocycles. The van der Waals surface area contributed by atoms with E-state index in [2.05, 4.69) is 4.98 Å². The number of nitrogens with zero attached hydrogens (tertiary/aromatic N) is 3. The van der Waals surface area contributed by atoms with Crippen LogP contribution in [0.4, 0.5) is 0 Å². The molecular weight excluding hydrogens is 324 g/mol. The maximum absolute atomic E-state index is 12.8. The number of carboxylic acid groups (broad SMARTS) is 1. The largest absolute Gasteiger partial charge is 0.480 e. The molecule has 3 rings (SSSR count). The average Bonchev–Trinajstić information content (AvgIpc) is 2.61. The Balaban J connectivity index is 2.03. The molecule has 1 aliphatic rings. The number of carbonyl (C=O) groups is 1. The van der Waals surface area contributed by atoms with Crippen molar-refractivity contribution < 1.29 is 9.90 Å². The van der Waals surface area contributed by atoms with Gasteiger partial charge in [0.05, 0.1) is 11.9 Å². The van der Waals surface area contributed by atoms with E-state index in [9.17, 15) is 14.4 Å². The van der Waals surface area contributed by atoms with E-state index < -0.39 is 17.7 Å². The number of fused-ring (bicyclic) bond motifs is 1. The lowest BCUT2D eigenvalue weighted by atomic mass is 9.97. The van der Waals surface area contributed by atoms with E-state index in [1.165, 1.54) is 10.8 Å².